The second-order valence-corrected chi connectivity index (χ2v) is 4.86. The van der Waals surface area contributed by atoms with Gasteiger partial charge in [-0.15, -0.1) is 0 Å². The third-order valence-corrected chi connectivity index (χ3v) is 2.14. The molecule has 0 bridgehead atoms. The van der Waals surface area contributed by atoms with Crippen LogP contribution in [0.5, 0.6) is 0 Å². The first kappa shape index (κ1) is 11.7. The summed E-state index contributed by atoms with van der Waals surface area (Å²) >= 11 is 0. The van der Waals surface area contributed by atoms with Gasteiger partial charge in [-0.3, -0.25) is 9.48 Å². The summed E-state index contributed by atoms with van der Waals surface area (Å²) in [6.07, 6.45) is 4.67. The predicted octanol–water partition coefficient (Wildman–Crippen LogP) is 2.32. The lowest BCUT2D eigenvalue weighted by molar-refractivity contribution is -0.104. The molecule has 0 fully saturated rings. The highest BCUT2D eigenvalue weighted by atomic mass is 16.1. The van der Waals surface area contributed by atoms with Gasteiger partial charge in [0.25, 0.3) is 0 Å². The van der Waals surface area contributed by atoms with E-state index < -0.39 is 0 Å². The van der Waals surface area contributed by atoms with Crippen LogP contribution in [0.3, 0.4) is 0 Å². The van der Waals surface area contributed by atoms with E-state index in [0.717, 1.165) is 17.5 Å². The molecule has 0 unspecified atom stereocenters. The van der Waals surface area contributed by atoms with E-state index >= 15 is 0 Å². The van der Waals surface area contributed by atoms with Crippen molar-refractivity contribution >= 4 is 12.4 Å². The van der Waals surface area contributed by atoms with Crippen molar-refractivity contribution in [1.82, 2.24) is 9.78 Å². The average Bonchev–Trinajstić information content (AvgIpc) is 2.45. The van der Waals surface area contributed by atoms with Crippen molar-refractivity contribution < 1.29 is 4.79 Å². The fourth-order valence-electron chi connectivity index (χ4n) is 1.47. The topological polar surface area (TPSA) is 34.9 Å². The Kier molecular flexibility index (Phi) is 3.12. The van der Waals surface area contributed by atoms with Gasteiger partial charge in [-0.05, 0) is 18.6 Å². The van der Waals surface area contributed by atoms with E-state index in [1.165, 1.54) is 0 Å². The van der Waals surface area contributed by atoms with Crippen molar-refractivity contribution in [2.24, 2.45) is 7.05 Å². The lowest BCUT2D eigenvalue weighted by Crippen LogP contribution is -2.13. The second kappa shape index (κ2) is 4.01. The third-order valence-electron chi connectivity index (χ3n) is 2.14. The summed E-state index contributed by atoms with van der Waals surface area (Å²) in [6, 6.07) is 0. The third kappa shape index (κ3) is 2.78. The molecule has 0 N–H and O–H groups in total. The Labute approximate surface area is 90.8 Å². The maximum absolute atomic E-state index is 10.6. The molecular weight excluding hydrogens is 188 g/mol. The fourth-order valence-corrected chi connectivity index (χ4v) is 1.47. The molecule has 0 saturated carbocycles. The molecule has 0 radical (unpaired) electrons. The van der Waals surface area contributed by atoms with Gasteiger partial charge in [-0.2, -0.15) is 5.10 Å². The molecule has 0 saturated heterocycles. The number of nitrogens with zero attached hydrogens (tertiary/aromatic N) is 2. The molecule has 3 heteroatoms. The molecular formula is C12H18N2O. The Morgan fingerprint density at radius 1 is 1.47 bits per heavy atom. The number of rotatable bonds is 2. The number of hydrogen-bond donors (Lipinski definition) is 0. The largest absolute Gasteiger partial charge is 0.298 e. The van der Waals surface area contributed by atoms with Gasteiger partial charge in [-0.25, -0.2) is 0 Å². The summed E-state index contributed by atoms with van der Waals surface area (Å²) < 4.78 is 1.78. The van der Waals surface area contributed by atoms with Gasteiger partial charge >= 0.3 is 0 Å². The van der Waals surface area contributed by atoms with Crippen LogP contribution in [0.2, 0.25) is 0 Å². The van der Waals surface area contributed by atoms with E-state index in [2.05, 4.69) is 25.9 Å². The van der Waals surface area contributed by atoms with Crippen LogP contribution in [0, 0.1) is 0 Å². The number of carbonyl (C=O) groups is 1. The van der Waals surface area contributed by atoms with Crippen LogP contribution in [0.25, 0.3) is 6.08 Å². The first-order chi connectivity index (χ1) is 6.84. The van der Waals surface area contributed by atoms with Crippen molar-refractivity contribution in [1.29, 1.82) is 0 Å². The molecule has 1 heterocycles. The Balaban J connectivity index is 3.24. The van der Waals surface area contributed by atoms with Gasteiger partial charge in [-0.1, -0.05) is 20.8 Å². The molecule has 82 valence electrons. The summed E-state index contributed by atoms with van der Waals surface area (Å²) in [5.74, 6) is 0. The number of carbonyl (C=O) groups excluding carboxylic acids is 1. The van der Waals surface area contributed by atoms with E-state index in [4.69, 9.17) is 0 Å². The summed E-state index contributed by atoms with van der Waals surface area (Å²) in [4.78, 5) is 10.6. The molecule has 1 aromatic rings. The van der Waals surface area contributed by atoms with Crippen molar-refractivity contribution in [2.45, 2.75) is 33.1 Å². The number of aldehydes is 1. The van der Waals surface area contributed by atoms with Gasteiger partial charge in [0.15, 0.2) is 0 Å². The Morgan fingerprint density at radius 2 is 2.07 bits per heavy atom. The minimum Gasteiger partial charge on any atom is -0.298 e. The van der Waals surface area contributed by atoms with E-state index in [0.29, 0.717) is 5.57 Å². The molecule has 0 spiro atoms. The quantitative estimate of drug-likeness (QED) is 0.550. The van der Waals surface area contributed by atoms with E-state index in [1.807, 2.05) is 19.3 Å². The smallest absolute Gasteiger partial charge is 0.145 e. The normalized spacial score (nSPS) is 13.0. The first-order valence-corrected chi connectivity index (χ1v) is 5.02. The van der Waals surface area contributed by atoms with Gasteiger partial charge in [0, 0.05) is 24.2 Å². The lowest BCUT2D eigenvalue weighted by Gasteiger charge is -2.16. The van der Waals surface area contributed by atoms with E-state index in [9.17, 15) is 4.79 Å². The SMILES string of the molecule is C/C(C=O)=C\c1cn(C)nc1C(C)(C)C. The Morgan fingerprint density at radius 3 is 2.53 bits per heavy atom. The zero-order chi connectivity index (χ0) is 11.6. The number of aryl methyl sites for hydroxylation is 1. The zero-order valence-corrected chi connectivity index (χ0v) is 10.0. The molecule has 15 heavy (non-hydrogen) atoms. The van der Waals surface area contributed by atoms with Gasteiger partial charge < -0.3 is 0 Å². The van der Waals surface area contributed by atoms with Gasteiger partial charge in [0.2, 0.25) is 0 Å². The molecule has 3 nitrogen and oxygen atoms in total. The number of hydrogen-bond acceptors (Lipinski definition) is 2. The fraction of sp³-hybridized carbons (Fsp3) is 0.500. The number of allylic oxidation sites excluding steroid dienone is 1. The first-order valence-electron chi connectivity index (χ1n) is 5.02. The monoisotopic (exact) mass is 206 g/mol. The molecule has 1 rings (SSSR count). The van der Waals surface area contributed by atoms with E-state index in [-0.39, 0.29) is 5.41 Å². The van der Waals surface area contributed by atoms with Crippen LogP contribution >= 0.6 is 0 Å². The standard InChI is InChI=1S/C12H18N2O/c1-9(8-15)6-10-7-14(5)13-11(10)12(2,3)4/h6-8H,1-5H3/b9-6+. The van der Waals surface area contributed by atoms with Crippen LogP contribution in [0.1, 0.15) is 39.0 Å². The van der Waals surface area contributed by atoms with E-state index in [1.54, 1.807) is 11.6 Å². The molecule has 0 aliphatic carbocycles. The van der Waals surface area contributed by atoms with Crippen LogP contribution in [0.15, 0.2) is 11.8 Å². The molecule has 0 aliphatic heterocycles. The molecule has 0 aromatic carbocycles. The zero-order valence-electron chi connectivity index (χ0n) is 10.0. The van der Waals surface area contributed by atoms with Crippen LogP contribution in [0.4, 0.5) is 0 Å². The minimum atomic E-state index is -0.00371. The van der Waals surface area contributed by atoms with Crippen LogP contribution < -0.4 is 0 Å². The Hall–Kier alpha value is -1.38. The van der Waals surface area contributed by atoms with Crippen molar-refractivity contribution in [2.75, 3.05) is 0 Å². The van der Waals surface area contributed by atoms with Crippen molar-refractivity contribution in [3.8, 4) is 0 Å². The van der Waals surface area contributed by atoms with Crippen molar-refractivity contribution in [3.63, 3.8) is 0 Å². The highest BCUT2D eigenvalue weighted by Gasteiger charge is 2.20. The summed E-state index contributed by atoms with van der Waals surface area (Å²) in [6.45, 7) is 8.14. The van der Waals surface area contributed by atoms with Gasteiger partial charge in [0.05, 0.1) is 5.69 Å². The highest BCUT2D eigenvalue weighted by molar-refractivity contribution is 5.81. The Bertz CT molecular complexity index is 394. The maximum atomic E-state index is 10.6. The number of aromatic nitrogens is 2. The molecule has 0 aliphatic rings. The summed E-state index contributed by atoms with van der Waals surface area (Å²) in [5.41, 5.74) is 2.75. The molecule has 0 atom stereocenters. The predicted molar refractivity (Wildman–Crippen MR) is 61.6 cm³/mol. The molecule has 0 amide bonds. The van der Waals surface area contributed by atoms with Crippen LogP contribution in [-0.4, -0.2) is 16.1 Å². The molecule has 1 aromatic heterocycles. The lowest BCUT2D eigenvalue weighted by atomic mass is 9.89. The maximum Gasteiger partial charge on any atom is 0.145 e. The van der Waals surface area contributed by atoms with Gasteiger partial charge in [0.1, 0.15) is 6.29 Å². The summed E-state index contributed by atoms with van der Waals surface area (Å²) in [7, 11) is 1.89. The average molecular weight is 206 g/mol. The minimum absolute atomic E-state index is 0.00371. The van der Waals surface area contributed by atoms with Crippen LogP contribution in [-0.2, 0) is 17.3 Å². The summed E-state index contributed by atoms with van der Waals surface area (Å²) in [5, 5.41) is 4.43. The second-order valence-electron chi connectivity index (χ2n) is 4.86. The van der Waals surface area contributed by atoms with Crippen molar-refractivity contribution in [3.05, 3.63) is 23.0 Å². The highest BCUT2D eigenvalue weighted by Crippen LogP contribution is 2.25.